The van der Waals surface area contributed by atoms with Gasteiger partial charge in [-0.2, -0.15) is 0 Å². The average Bonchev–Trinajstić information content (AvgIpc) is 3.40. The molecule has 152 valence electrons. The van der Waals surface area contributed by atoms with Gasteiger partial charge in [-0.05, 0) is 60.1 Å². The number of rotatable bonds is 4. The second-order valence-electron chi connectivity index (χ2n) is 7.70. The Bertz CT molecular complexity index is 1020. The van der Waals surface area contributed by atoms with Crippen LogP contribution in [0, 0.1) is 0 Å². The molecule has 2 N–H and O–H groups in total. The second-order valence-corrected chi connectivity index (χ2v) is 7.70. The number of carbonyl (C=O) groups excluding carboxylic acids is 2. The zero-order chi connectivity index (χ0) is 20.8. The second kappa shape index (κ2) is 9.40. The predicted molar refractivity (Wildman–Crippen MR) is 118 cm³/mol. The van der Waals surface area contributed by atoms with Gasteiger partial charge in [0.25, 0.3) is 5.91 Å². The molecule has 1 unspecified atom stereocenters. The van der Waals surface area contributed by atoms with E-state index in [0.29, 0.717) is 0 Å². The van der Waals surface area contributed by atoms with E-state index >= 15 is 0 Å². The predicted octanol–water partition coefficient (Wildman–Crippen LogP) is 4.52. The minimum Gasteiger partial charge on any atom is -0.352 e. The Morgan fingerprint density at radius 3 is 1.90 bits per heavy atom. The summed E-state index contributed by atoms with van der Waals surface area (Å²) in [6.07, 6.45) is 4.96. The maximum absolute atomic E-state index is 12.1. The fraction of sp³-hybridized carbons (Fsp3) is 0.231. The van der Waals surface area contributed by atoms with E-state index in [4.69, 9.17) is 0 Å². The summed E-state index contributed by atoms with van der Waals surface area (Å²) in [5.74, 6) is 0.0114. The molecule has 3 aromatic carbocycles. The third-order valence-corrected chi connectivity index (χ3v) is 5.88. The number of nitrogens with one attached hydrogen (secondary N) is 2. The van der Waals surface area contributed by atoms with Crippen molar-refractivity contribution in [3.63, 3.8) is 0 Å². The van der Waals surface area contributed by atoms with Gasteiger partial charge in [-0.3, -0.25) is 9.59 Å². The molecule has 4 nitrogen and oxygen atoms in total. The summed E-state index contributed by atoms with van der Waals surface area (Å²) in [5.41, 5.74) is 6.00. The van der Waals surface area contributed by atoms with Gasteiger partial charge in [0.1, 0.15) is 0 Å². The molecule has 5 rings (SSSR count). The molecule has 2 aliphatic carbocycles. The van der Waals surface area contributed by atoms with E-state index in [9.17, 15) is 9.59 Å². The third kappa shape index (κ3) is 4.43. The van der Waals surface area contributed by atoms with Gasteiger partial charge >= 0.3 is 0 Å². The highest BCUT2D eigenvalue weighted by Crippen LogP contribution is 2.31. The first-order valence-electron chi connectivity index (χ1n) is 10.5. The van der Waals surface area contributed by atoms with E-state index in [1.165, 1.54) is 22.3 Å². The Morgan fingerprint density at radius 2 is 1.27 bits per heavy atom. The molecular weight excluding hydrogens is 372 g/mol. The summed E-state index contributed by atoms with van der Waals surface area (Å²) >= 11 is 0. The molecule has 2 atom stereocenters. The smallest absolute Gasteiger partial charge is 0.251 e. The maximum atomic E-state index is 12.1. The van der Waals surface area contributed by atoms with Crippen LogP contribution in [0.15, 0.2) is 78.9 Å². The lowest BCUT2D eigenvalue weighted by atomic mass is 10.1. The highest BCUT2D eigenvalue weighted by atomic mass is 16.1. The van der Waals surface area contributed by atoms with Crippen molar-refractivity contribution in [1.82, 2.24) is 10.6 Å². The van der Waals surface area contributed by atoms with Gasteiger partial charge in [0.05, 0.1) is 12.1 Å². The van der Waals surface area contributed by atoms with E-state index in [-0.39, 0.29) is 18.0 Å². The van der Waals surface area contributed by atoms with Crippen molar-refractivity contribution in [3.8, 4) is 0 Å². The molecular formula is C26H26N2O2. The monoisotopic (exact) mass is 398 g/mol. The fourth-order valence-corrected chi connectivity index (χ4v) is 4.35. The Morgan fingerprint density at radius 1 is 0.733 bits per heavy atom. The summed E-state index contributed by atoms with van der Waals surface area (Å²) < 4.78 is 0. The molecule has 0 saturated heterocycles. The number of amides is 2. The molecule has 0 saturated carbocycles. The first-order chi connectivity index (χ1) is 14.8. The lowest BCUT2D eigenvalue weighted by Gasteiger charge is -2.14. The van der Waals surface area contributed by atoms with Crippen molar-refractivity contribution in [1.29, 1.82) is 0 Å². The first kappa shape index (κ1) is 19.9. The van der Waals surface area contributed by atoms with E-state index in [0.717, 1.165) is 37.7 Å². The molecule has 0 fully saturated rings. The Kier molecular flexibility index (Phi) is 6.23. The van der Waals surface area contributed by atoms with Crippen LogP contribution in [0.25, 0.3) is 0 Å². The minimum absolute atomic E-state index is 0.0114. The molecule has 0 radical (unpaired) electrons. The number of fused-ring (bicyclic) bond motifs is 2. The van der Waals surface area contributed by atoms with Crippen molar-refractivity contribution in [2.45, 2.75) is 37.8 Å². The SMILES string of the molecule is O=C(NC1CCc2ccccc21)c1ccccc1.O=CN[C@@H]1CCc2ccccc21. The molecule has 0 bridgehead atoms. The fourth-order valence-electron chi connectivity index (χ4n) is 4.35. The van der Waals surface area contributed by atoms with E-state index in [1.54, 1.807) is 0 Å². The third-order valence-electron chi connectivity index (χ3n) is 5.88. The molecule has 30 heavy (non-hydrogen) atoms. The van der Waals surface area contributed by atoms with Crippen molar-refractivity contribution in [2.24, 2.45) is 0 Å². The van der Waals surface area contributed by atoms with E-state index in [2.05, 4.69) is 41.0 Å². The van der Waals surface area contributed by atoms with Crippen LogP contribution < -0.4 is 10.6 Å². The van der Waals surface area contributed by atoms with Crippen LogP contribution in [0.5, 0.6) is 0 Å². The number of hydrogen-bond acceptors (Lipinski definition) is 2. The molecule has 0 spiro atoms. The van der Waals surface area contributed by atoms with Gasteiger partial charge < -0.3 is 10.6 Å². The largest absolute Gasteiger partial charge is 0.352 e. The Balaban J connectivity index is 0.000000158. The van der Waals surface area contributed by atoms with Crippen LogP contribution in [0.2, 0.25) is 0 Å². The highest BCUT2D eigenvalue weighted by molar-refractivity contribution is 5.94. The lowest BCUT2D eigenvalue weighted by Crippen LogP contribution is -2.26. The van der Waals surface area contributed by atoms with Gasteiger partial charge in [0.2, 0.25) is 6.41 Å². The topological polar surface area (TPSA) is 58.2 Å². The van der Waals surface area contributed by atoms with Gasteiger partial charge in [-0.1, -0.05) is 66.7 Å². The lowest BCUT2D eigenvalue weighted by molar-refractivity contribution is -0.110. The molecule has 0 heterocycles. The summed E-state index contributed by atoms with van der Waals surface area (Å²) in [6, 6.07) is 26.4. The summed E-state index contributed by atoms with van der Waals surface area (Å²) in [5, 5.41) is 5.93. The molecule has 2 amide bonds. The molecule has 2 aliphatic rings. The zero-order valence-corrected chi connectivity index (χ0v) is 16.9. The normalized spacial score (nSPS) is 18.4. The van der Waals surface area contributed by atoms with E-state index < -0.39 is 0 Å². The number of benzene rings is 3. The molecule has 0 aliphatic heterocycles. The zero-order valence-electron chi connectivity index (χ0n) is 16.9. The van der Waals surface area contributed by atoms with Gasteiger partial charge in [0, 0.05) is 5.56 Å². The quantitative estimate of drug-likeness (QED) is 0.635. The van der Waals surface area contributed by atoms with Gasteiger partial charge in [0.15, 0.2) is 0 Å². The summed E-state index contributed by atoms with van der Waals surface area (Å²) in [6.45, 7) is 0. The Labute approximate surface area is 177 Å². The van der Waals surface area contributed by atoms with Crippen LogP contribution in [0.3, 0.4) is 0 Å². The summed E-state index contributed by atoms with van der Waals surface area (Å²) in [7, 11) is 0. The molecule has 4 heteroatoms. The van der Waals surface area contributed by atoms with E-state index in [1.807, 2.05) is 48.5 Å². The van der Waals surface area contributed by atoms with Crippen molar-refractivity contribution in [2.75, 3.05) is 0 Å². The van der Waals surface area contributed by atoms with Crippen LogP contribution >= 0.6 is 0 Å². The van der Waals surface area contributed by atoms with Crippen LogP contribution in [-0.2, 0) is 17.6 Å². The highest BCUT2D eigenvalue weighted by Gasteiger charge is 2.23. The average molecular weight is 399 g/mol. The number of carbonyl (C=O) groups is 2. The molecule has 0 aromatic heterocycles. The van der Waals surface area contributed by atoms with Crippen molar-refractivity contribution >= 4 is 12.3 Å². The van der Waals surface area contributed by atoms with Crippen LogP contribution in [-0.4, -0.2) is 12.3 Å². The maximum Gasteiger partial charge on any atom is 0.251 e. The van der Waals surface area contributed by atoms with Crippen molar-refractivity contribution < 1.29 is 9.59 Å². The van der Waals surface area contributed by atoms with Crippen LogP contribution in [0.1, 0.15) is 57.5 Å². The van der Waals surface area contributed by atoms with Gasteiger partial charge in [-0.15, -0.1) is 0 Å². The molecule has 3 aromatic rings. The number of aryl methyl sites for hydroxylation is 2. The minimum atomic E-state index is 0.0114. The first-order valence-corrected chi connectivity index (χ1v) is 10.5. The van der Waals surface area contributed by atoms with Gasteiger partial charge in [-0.25, -0.2) is 0 Å². The summed E-state index contributed by atoms with van der Waals surface area (Å²) in [4.78, 5) is 22.4. The number of hydrogen-bond donors (Lipinski definition) is 2. The standard InChI is InChI=1S/C16H15NO.C10H11NO/c18-16(13-7-2-1-3-8-13)17-15-11-10-12-6-4-5-9-14(12)15;12-7-11-10-6-5-8-3-1-2-4-9(8)10/h1-9,15H,10-11H2,(H,17,18);1-4,7,10H,5-6H2,(H,11,12)/t;10-/m.1/s1. The Hall–Kier alpha value is -3.40. The van der Waals surface area contributed by atoms with Crippen LogP contribution in [0.4, 0.5) is 0 Å². The van der Waals surface area contributed by atoms with Crippen molar-refractivity contribution in [3.05, 3.63) is 107 Å².